The van der Waals surface area contributed by atoms with E-state index >= 15 is 0 Å². The van der Waals surface area contributed by atoms with Crippen molar-refractivity contribution >= 4 is 5.91 Å². The zero-order chi connectivity index (χ0) is 12.3. The summed E-state index contributed by atoms with van der Waals surface area (Å²) in [5.41, 5.74) is 0. The third-order valence-corrected chi connectivity index (χ3v) is 2.65. The van der Waals surface area contributed by atoms with Crippen molar-refractivity contribution in [3.8, 4) is 0 Å². The highest BCUT2D eigenvalue weighted by atomic mass is 19.4. The molecule has 1 fully saturated rings. The van der Waals surface area contributed by atoms with Gasteiger partial charge >= 0.3 is 6.18 Å². The lowest BCUT2D eigenvalue weighted by molar-refractivity contribution is -0.209. The Labute approximate surface area is 91.4 Å². The number of piperidine rings is 1. The predicted molar refractivity (Wildman–Crippen MR) is 50.7 cm³/mol. The van der Waals surface area contributed by atoms with Crippen molar-refractivity contribution in [1.29, 1.82) is 0 Å². The number of amides is 1. The van der Waals surface area contributed by atoms with Crippen LogP contribution in [0.25, 0.3) is 0 Å². The average molecular weight is 240 g/mol. The summed E-state index contributed by atoms with van der Waals surface area (Å²) in [7, 11) is 1.59. The second-order valence-electron chi connectivity index (χ2n) is 3.83. The van der Waals surface area contributed by atoms with Gasteiger partial charge in [0.25, 0.3) is 0 Å². The summed E-state index contributed by atoms with van der Waals surface area (Å²) in [6.07, 6.45) is -5.88. The quantitative estimate of drug-likeness (QED) is 0.736. The van der Waals surface area contributed by atoms with Crippen LogP contribution >= 0.6 is 0 Å². The first kappa shape index (κ1) is 13.2. The van der Waals surface area contributed by atoms with E-state index in [-0.39, 0.29) is 12.5 Å². The summed E-state index contributed by atoms with van der Waals surface area (Å²) in [6.45, 7) is -0.412. The van der Waals surface area contributed by atoms with Gasteiger partial charge in [-0.2, -0.15) is 13.2 Å². The van der Waals surface area contributed by atoms with Gasteiger partial charge < -0.3 is 15.3 Å². The zero-order valence-corrected chi connectivity index (χ0v) is 8.92. The molecule has 0 spiro atoms. The van der Waals surface area contributed by atoms with Crippen molar-refractivity contribution in [2.24, 2.45) is 0 Å². The highest BCUT2D eigenvalue weighted by Gasteiger charge is 2.41. The van der Waals surface area contributed by atoms with Crippen LogP contribution < -0.4 is 5.32 Å². The van der Waals surface area contributed by atoms with Crippen LogP contribution in [0.3, 0.4) is 0 Å². The SMILES string of the molecule is CNC1CCCN(CC(O)C(F)(F)F)C1=O. The van der Waals surface area contributed by atoms with Gasteiger partial charge in [0.1, 0.15) is 0 Å². The number of alkyl halides is 3. The number of likely N-dealkylation sites (tertiary alicyclic amines) is 1. The Balaban J connectivity index is 2.57. The molecule has 2 atom stereocenters. The molecular formula is C9H15F3N2O2. The molecule has 0 bridgehead atoms. The van der Waals surface area contributed by atoms with Gasteiger partial charge in [0, 0.05) is 6.54 Å². The second kappa shape index (κ2) is 5.01. The number of aliphatic hydroxyl groups is 1. The Bertz CT molecular complexity index is 258. The number of β-amino-alcohol motifs (C(OH)–C–C–N with tert-alkyl or cyclic N) is 1. The third-order valence-electron chi connectivity index (χ3n) is 2.65. The van der Waals surface area contributed by atoms with Crippen LogP contribution in [0.5, 0.6) is 0 Å². The maximum atomic E-state index is 12.1. The highest BCUT2D eigenvalue weighted by Crippen LogP contribution is 2.22. The van der Waals surface area contributed by atoms with Crippen LogP contribution in [-0.4, -0.2) is 54.4 Å². The molecule has 1 saturated heterocycles. The first-order valence-electron chi connectivity index (χ1n) is 5.07. The minimum absolute atomic E-state index is 0.268. The van der Waals surface area contributed by atoms with Gasteiger partial charge in [-0.3, -0.25) is 4.79 Å². The van der Waals surface area contributed by atoms with Crippen LogP contribution in [0.15, 0.2) is 0 Å². The van der Waals surface area contributed by atoms with Crippen LogP contribution in [-0.2, 0) is 4.79 Å². The summed E-state index contributed by atoms with van der Waals surface area (Å²) in [5.74, 6) is -0.378. The molecule has 2 unspecified atom stereocenters. The van der Waals surface area contributed by atoms with E-state index < -0.39 is 24.9 Å². The number of carbonyl (C=O) groups excluding carboxylic acids is 1. The molecule has 1 heterocycles. The van der Waals surface area contributed by atoms with Crippen LogP contribution in [0.2, 0.25) is 0 Å². The van der Waals surface area contributed by atoms with Gasteiger partial charge in [0.15, 0.2) is 6.10 Å². The number of nitrogens with one attached hydrogen (secondary N) is 1. The molecule has 0 radical (unpaired) electrons. The molecule has 0 aromatic rings. The standard InChI is InChI=1S/C9H15F3N2O2/c1-13-6-3-2-4-14(8(6)16)5-7(15)9(10,11)12/h6-7,13,15H,2-5H2,1H3. The number of aliphatic hydroxyl groups excluding tert-OH is 1. The summed E-state index contributed by atoms with van der Waals surface area (Å²) in [6, 6.07) is -0.436. The van der Waals surface area contributed by atoms with Crippen molar-refractivity contribution in [2.45, 2.75) is 31.2 Å². The fourth-order valence-corrected chi connectivity index (χ4v) is 1.70. The van der Waals surface area contributed by atoms with Crippen molar-refractivity contribution < 1.29 is 23.1 Å². The van der Waals surface area contributed by atoms with E-state index in [1.165, 1.54) is 0 Å². The van der Waals surface area contributed by atoms with E-state index in [1.54, 1.807) is 7.05 Å². The van der Waals surface area contributed by atoms with E-state index in [9.17, 15) is 18.0 Å². The largest absolute Gasteiger partial charge is 0.416 e. The van der Waals surface area contributed by atoms with Crippen LogP contribution in [0, 0.1) is 0 Å². The number of nitrogens with zero attached hydrogens (tertiary/aromatic N) is 1. The van der Waals surface area contributed by atoms with Crippen molar-refractivity contribution in [2.75, 3.05) is 20.1 Å². The fourth-order valence-electron chi connectivity index (χ4n) is 1.70. The molecule has 0 saturated carbocycles. The number of rotatable bonds is 3. The maximum absolute atomic E-state index is 12.1. The molecule has 1 aliphatic rings. The molecule has 94 valence electrons. The number of hydrogen-bond acceptors (Lipinski definition) is 3. The summed E-state index contributed by atoms with van der Waals surface area (Å²) in [5, 5.41) is 11.6. The minimum Gasteiger partial charge on any atom is -0.382 e. The average Bonchev–Trinajstić information content (AvgIpc) is 2.19. The van der Waals surface area contributed by atoms with Gasteiger partial charge in [-0.25, -0.2) is 0 Å². The number of hydrogen-bond donors (Lipinski definition) is 2. The van der Waals surface area contributed by atoms with E-state index in [1.807, 2.05) is 0 Å². The Morgan fingerprint density at radius 2 is 2.25 bits per heavy atom. The molecule has 1 rings (SSSR count). The first-order chi connectivity index (χ1) is 7.36. The Morgan fingerprint density at radius 1 is 1.62 bits per heavy atom. The molecule has 4 nitrogen and oxygen atoms in total. The molecule has 0 aromatic heterocycles. The third kappa shape index (κ3) is 3.08. The molecular weight excluding hydrogens is 225 g/mol. The monoisotopic (exact) mass is 240 g/mol. The smallest absolute Gasteiger partial charge is 0.382 e. The molecule has 1 aliphatic heterocycles. The number of halogens is 3. The lowest BCUT2D eigenvalue weighted by Gasteiger charge is -2.33. The predicted octanol–water partition coefficient (Wildman–Crippen LogP) is 0.120. The Kier molecular flexibility index (Phi) is 4.15. The van der Waals surface area contributed by atoms with Crippen molar-refractivity contribution in [1.82, 2.24) is 10.2 Å². The minimum atomic E-state index is -4.67. The van der Waals surface area contributed by atoms with E-state index in [2.05, 4.69) is 5.32 Å². The second-order valence-corrected chi connectivity index (χ2v) is 3.83. The highest BCUT2D eigenvalue weighted by molar-refractivity contribution is 5.82. The Hall–Kier alpha value is -0.820. The maximum Gasteiger partial charge on any atom is 0.416 e. The normalized spacial score (nSPS) is 24.7. The van der Waals surface area contributed by atoms with Gasteiger partial charge in [0.05, 0.1) is 12.6 Å². The van der Waals surface area contributed by atoms with Gasteiger partial charge in [-0.1, -0.05) is 0 Å². The van der Waals surface area contributed by atoms with Crippen molar-refractivity contribution in [3.05, 3.63) is 0 Å². The van der Waals surface area contributed by atoms with Crippen LogP contribution in [0.1, 0.15) is 12.8 Å². The summed E-state index contributed by atoms with van der Waals surface area (Å²) >= 11 is 0. The van der Waals surface area contributed by atoms with Crippen LogP contribution in [0.4, 0.5) is 13.2 Å². The topological polar surface area (TPSA) is 52.6 Å². The van der Waals surface area contributed by atoms with Gasteiger partial charge in [-0.15, -0.1) is 0 Å². The van der Waals surface area contributed by atoms with E-state index in [0.29, 0.717) is 12.8 Å². The summed E-state index contributed by atoms with van der Waals surface area (Å²) in [4.78, 5) is 12.7. The molecule has 2 N–H and O–H groups in total. The molecule has 0 aliphatic carbocycles. The molecule has 7 heteroatoms. The van der Waals surface area contributed by atoms with Gasteiger partial charge in [-0.05, 0) is 19.9 Å². The number of carbonyl (C=O) groups is 1. The lowest BCUT2D eigenvalue weighted by Crippen LogP contribution is -2.53. The molecule has 1 amide bonds. The molecule has 16 heavy (non-hydrogen) atoms. The van der Waals surface area contributed by atoms with E-state index in [0.717, 1.165) is 4.90 Å². The summed E-state index contributed by atoms with van der Waals surface area (Å²) < 4.78 is 36.3. The number of likely N-dealkylation sites (N-methyl/N-ethyl adjacent to an activating group) is 1. The first-order valence-corrected chi connectivity index (χ1v) is 5.07. The fraction of sp³-hybridized carbons (Fsp3) is 0.889. The van der Waals surface area contributed by atoms with E-state index in [4.69, 9.17) is 5.11 Å². The van der Waals surface area contributed by atoms with Gasteiger partial charge in [0.2, 0.25) is 5.91 Å². The van der Waals surface area contributed by atoms with Crippen molar-refractivity contribution in [3.63, 3.8) is 0 Å². The molecule has 0 aromatic carbocycles. The lowest BCUT2D eigenvalue weighted by atomic mass is 10.0. The Morgan fingerprint density at radius 3 is 2.75 bits per heavy atom. The zero-order valence-electron chi connectivity index (χ0n) is 8.92.